The number of ether oxygens (including phenoxy) is 1. The molecule has 2 rings (SSSR count). The second-order valence-electron chi connectivity index (χ2n) is 6.40. The van der Waals surface area contributed by atoms with Gasteiger partial charge in [-0.1, -0.05) is 12.1 Å². The van der Waals surface area contributed by atoms with Crippen molar-refractivity contribution in [3.8, 4) is 5.75 Å². The zero-order chi connectivity index (χ0) is 16.7. The van der Waals surface area contributed by atoms with E-state index in [4.69, 9.17) is 4.74 Å². The Morgan fingerprint density at radius 1 is 1.35 bits per heavy atom. The highest BCUT2D eigenvalue weighted by Gasteiger charge is 2.24. The monoisotopic (exact) mass is 320 g/mol. The van der Waals surface area contributed by atoms with Crippen molar-refractivity contribution in [2.75, 3.05) is 27.3 Å². The molecule has 1 aliphatic rings. The van der Waals surface area contributed by atoms with Gasteiger partial charge < -0.3 is 15.2 Å². The van der Waals surface area contributed by atoms with Gasteiger partial charge in [-0.2, -0.15) is 0 Å². The minimum Gasteiger partial charge on any atom is -0.497 e. The van der Waals surface area contributed by atoms with Crippen molar-refractivity contribution < 1.29 is 14.6 Å². The van der Waals surface area contributed by atoms with Crippen molar-refractivity contribution in [3.63, 3.8) is 0 Å². The number of benzene rings is 1. The predicted octanol–water partition coefficient (Wildman–Crippen LogP) is 1.79. The summed E-state index contributed by atoms with van der Waals surface area (Å²) in [6.07, 6.45) is 4.23. The number of amides is 1. The Hall–Kier alpha value is -1.59. The van der Waals surface area contributed by atoms with Gasteiger partial charge in [0.05, 0.1) is 13.7 Å². The average molecular weight is 320 g/mol. The number of nitrogens with zero attached hydrogens (tertiary/aromatic N) is 1. The van der Waals surface area contributed by atoms with E-state index < -0.39 is 0 Å². The first-order valence-corrected chi connectivity index (χ1v) is 8.33. The van der Waals surface area contributed by atoms with Crippen LogP contribution in [0.4, 0.5) is 0 Å². The van der Waals surface area contributed by atoms with Gasteiger partial charge in [-0.15, -0.1) is 0 Å². The van der Waals surface area contributed by atoms with Crippen molar-refractivity contribution >= 4 is 5.91 Å². The molecule has 23 heavy (non-hydrogen) atoms. The Labute approximate surface area is 138 Å². The molecule has 0 atom stereocenters. The zero-order valence-electron chi connectivity index (χ0n) is 14.1. The summed E-state index contributed by atoms with van der Waals surface area (Å²) in [5, 5.41) is 12.2. The molecule has 0 unspecified atom stereocenters. The fraction of sp³-hybridized carbons (Fsp3) is 0.611. The van der Waals surface area contributed by atoms with Gasteiger partial charge in [0.1, 0.15) is 5.75 Å². The lowest BCUT2D eigenvalue weighted by atomic mass is 9.86. The number of aliphatic hydroxyl groups is 1. The van der Waals surface area contributed by atoms with E-state index in [0.717, 1.165) is 37.0 Å². The molecule has 5 nitrogen and oxygen atoms in total. The summed E-state index contributed by atoms with van der Waals surface area (Å²) < 4.78 is 5.18. The van der Waals surface area contributed by atoms with Crippen LogP contribution < -0.4 is 10.1 Å². The molecule has 1 saturated carbocycles. The largest absolute Gasteiger partial charge is 0.497 e. The molecule has 128 valence electrons. The van der Waals surface area contributed by atoms with Gasteiger partial charge in [0, 0.05) is 19.2 Å². The minimum atomic E-state index is 0.0413. The lowest BCUT2D eigenvalue weighted by molar-refractivity contribution is -0.122. The number of likely N-dealkylation sites (N-methyl/N-ethyl adjacent to an activating group) is 1. The molecular formula is C18H28N2O3. The third-order valence-electron chi connectivity index (χ3n) is 4.71. The van der Waals surface area contributed by atoms with E-state index in [1.54, 1.807) is 7.11 Å². The molecule has 2 N–H and O–H groups in total. The van der Waals surface area contributed by atoms with Crippen molar-refractivity contribution in [2.45, 2.75) is 38.3 Å². The van der Waals surface area contributed by atoms with Gasteiger partial charge in [0.15, 0.2) is 0 Å². The normalized spacial score (nSPS) is 21.2. The molecule has 1 aromatic rings. The van der Waals surface area contributed by atoms with Gasteiger partial charge in [0.2, 0.25) is 5.91 Å². The molecule has 1 aliphatic carbocycles. The Kier molecular flexibility index (Phi) is 6.86. The molecule has 0 spiro atoms. The smallest absolute Gasteiger partial charge is 0.234 e. The van der Waals surface area contributed by atoms with Crippen molar-refractivity contribution in [1.82, 2.24) is 10.2 Å². The molecule has 1 fully saturated rings. The molecule has 0 bridgehead atoms. The third-order valence-corrected chi connectivity index (χ3v) is 4.71. The van der Waals surface area contributed by atoms with E-state index in [-0.39, 0.29) is 12.5 Å². The van der Waals surface area contributed by atoms with Crippen LogP contribution in [0.1, 0.15) is 31.2 Å². The van der Waals surface area contributed by atoms with Crippen LogP contribution in [0.15, 0.2) is 24.3 Å². The molecular weight excluding hydrogens is 292 g/mol. The fourth-order valence-electron chi connectivity index (χ4n) is 3.16. The lowest BCUT2D eigenvalue weighted by Gasteiger charge is -2.33. The Morgan fingerprint density at radius 3 is 2.74 bits per heavy atom. The summed E-state index contributed by atoms with van der Waals surface area (Å²) in [4.78, 5) is 14.3. The summed E-state index contributed by atoms with van der Waals surface area (Å²) >= 11 is 0. The Bertz CT molecular complexity index is 499. The SMILES string of the molecule is COc1cccc(CNC(=O)CN(C)C2CCC(CO)CC2)c1. The van der Waals surface area contributed by atoms with E-state index in [2.05, 4.69) is 10.2 Å². The number of rotatable bonds is 7. The fourth-order valence-corrected chi connectivity index (χ4v) is 3.16. The average Bonchev–Trinajstić information content (AvgIpc) is 2.60. The maximum atomic E-state index is 12.1. The maximum Gasteiger partial charge on any atom is 0.234 e. The summed E-state index contributed by atoms with van der Waals surface area (Å²) in [5.41, 5.74) is 1.03. The van der Waals surface area contributed by atoms with Gasteiger partial charge in [0.25, 0.3) is 0 Å². The highest BCUT2D eigenvalue weighted by atomic mass is 16.5. The van der Waals surface area contributed by atoms with Gasteiger partial charge >= 0.3 is 0 Å². The topological polar surface area (TPSA) is 61.8 Å². The second-order valence-corrected chi connectivity index (χ2v) is 6.40. The maximum absolute atomic E-state index is 12.1. The Balaban J connectivity index is 1.73. The van der Waals surface area contributed by atoms with Gasteiger partial charge in [-0.3, -0.25) is 9.69 Å². The number of carbonyl (C=O) groups is 1. The van der Waals surface area contributed by atoms with Crippen LogP contribution in [0, 0.1) is 5.92 Å². The van der Waals surface area contributed by atoms with Crippen LogP contribution in [0.5, 0.6) is 5.75 Å². The number of hydrogen-bond donors (Lipinski definition) is 2. The van der Waals surface area contributed by atoms with Crippen molar-refractivity contribution in [3.05, 3.63) is 29.8 Å². The minimum absolute atomic E-state index is 0.0413. The van der Waals surface area contributed by atoms with Crippen LogP contribution in [0.2, 0.25) is 0 Å². The summed E-state index contributed by atoms with van der Waals surface area (Å²) in [6, 6.07) is 8.16. The van der Waals surface area contributed by atoms with E-state index in [9.17, 15) is 9.90 Å². The molecule has 0 saturated heterocycles. The molecule has 0 heterocycles. The molecule has 0 aliphatic heterocycles. The number of aliphatic hydroxyl groups excluding tert-OH is 1. The van der Waals surface area contributed by atoms with Gasteiger partial charge in [-0.05, 0) is 56.3 Å². The van der Waals surface area contributed by atoms with E-state index >= 15 is 0 Å². The Morgan fingerprint density at radius 2 is 2.09 bits per heavy atom. The first-order chi connectivity index (χ1) is 11.1. The number of methoxy groups -OCH3 is 1. The standard InChI is InChI=1S/C18H28N2O3/c1-20(16-8-6-14(13-21)7-9-16)12-18(22)19-11-15-4-3-5-17(10-15)23-2/h3-5,10,14,16,21H,6-9,11-13H2,1-2H3,(H,19,22). The first-order valence-electron chi connectivity index (χ1n) is 8.33. The van der Waals surface area contributed by atoms with Crippen molar-refractivity contribution in [2.24, 2.45) is 5.92 Å². The highest BCUT2D eigenvalue weighted by Crippen LogP contribution is 2.26. The summed E-state index contributed by atoms with van der Waals surface area (Å²) in [5.74, 6) is 1.29. The summed E-state index contributed by atoms with van der Waals surface area (Å²) in [7, 11) is 3.65. The van der Waals surface area contributed by atoms with Crippen LogP contribution in [-0.4, -0.2) is 49.3 Å². The summed E-state index contributed by atoms with van der Waals surface area (Å²) in [6.45, 7) is 1.22. The predicted molar refractivity (Wildman–Crippen MR) is 90.3 cm³/mol. The highest BCUT2D eigenvalue weighted by molar-refractivity contribution is 5.78. The molecule has 5 heteroatoms. The van der Waals surface area contributed by atoms with Crippen LogP contribution in [0.25, 0.3) is 0 Å². The number of hydrogen-bond acceptors (Lipinski definition) is 4. The molecule has 0 radical (unpaired) electrons. The van der Waals surface area contributed by atoms with Crippen molar-refractivity contribution in [1.29, 1.82) is 0 Å². The van der Waals surface area contributed by atoms with Crippen LogP contribution >= 0.6 is 0 Å². The number of nitrogens with one attached hydrogen (secondary N) is 1. The van der Waals surface area contributed by atoms with Gasteiger partial charge in [-0.25, -0.2) is 0 Å². The van der Waals surface area contributed by atoms with E-state index in [1.165, 1.54) is 0 Å². The third kappa shape index (κ3) is 5.52. The molecule has 0 aromatic heterocycles. The second kappa shape index (κ2) is 8.89. The van der Waals surface area contributed by atoms with E-state index in [1.807, 2.05) is 31.3 Å². The quantitative estimate of drug-likeness (QED) is 0.804. The van der Waals surface area contributed by atoms with E-state index in [0.29, 0.717) is 25.0 Å². The van der Waals surface area contributed by atoms with Crippen LogP contribution in [0.3, 0.4) is 0 Å². The lowest BCUT2D eigenvalue weighted by Crippen LogP contribution is -2.42. The molecule has 1 amide bonds. The first kappa shape index (κ1) is 17.8. The van der Waals surface area contributed by atoms with Crippen LogP contribution in [-0.2, 0) is 11.3 Å². The molecule has 1 aromatic carbocycles. The zero-order valence-corrected chi connectivity index (χ0v) is 14.1. The number of carbonyl (C=O) groups excluding carboxylic acids is 1.